The lowest BCUT2D eigenvalue weighted by Crippen LogP contribution is -2.12. The molecule has 2 aliphatic carbocycles. The smallest absolute Gasteiger partial charge is 0.161 e. The Morgan fingerprint density at radius 2 is 2.05 bits per heavy atom. The standard InChI is InChI=1S/C16H18N4/c17-20-16-13-5-2-6-14(13)18-15(19-16)12-4-1-3-11(9-12)10-7-8-10/h1,3-4,9-10H,2,5-8,17H2,(H,18,19,20). The number of aromatic nitrogens is 2. The summed E-state index contributed by atoms with van der Waals surface area (Å²) in [6, 6.07) is 8.63. The van der Waals surface area contributed by atoms with Crippen molar-refractivity contribution in [3.8, 4) is 11.4 Å². The monoisotopic (exact) mass is 266 g/mol. The lowest BCUT2D eigenvalue weighted by molar-refractivity contribution is 0.900. The van der Waals surface area contributed by atoms with E-state index in [1.165, 1.54) is 24.0 Å². The molecule has 0 spiro atoms. The zero-order valence-electron chi connectivity index (χ0n) is 11.4. The van der Waals surface area contributed by atoms with Gasteiger partial charge in [0.1, 0.15) is 5.82 Å². The van der Waals surface area contributed by atoms with Crippen LogP contribution in [-0.2, 0) is 12.8 Å². The Hall–Kier alpha value is -1.94. The van der Waals surface area contributed by atoms with Gasteiger partial charge in [-0.15, -0.1) is 0 Å². The van der Waals surface area contributed by atoms with Gasteiger partial charge in [-0.2, -0.15) is 0 Å². The molecular formula is C16H18N4. The molecule has 3 N–H and O–H groups in total. The number of anilines is 1. The highest BCUT2D eigenvalue weighted by molar-refractivity contribution is 5.61. The van der Waals surface area contributed by atoms with Crippen LogP contribution in [0.25, 0.3) is 11.4 Å². The minimum absolute atomic E-state index is 0.747. The van der Waals surface area contributed by atoms with Gasteiger partial charge in [-0.05, 0) is 49.7 Å². The summed E-state index contributed by atoms with van der Waals surface area (Å²) in [4.78, 5) is 9.35. The molecule has 2 aromatic rings. The Kier molecular flexibility index (Phi) is 2.70. The number of nitrogens with two attached hydrogens (primary N) is 1. The predicted octanol–water partition coefficient (Wildman–Crippen LogP) is 2.80. The molecule has 0 amide bonds. The van der Waals surface area contributed by atoms with Crippen LogP contribution in [-0.4, -0.2) is 9.97 Å². The third-order valence-corrected chi connectivity index (χ3v) is 4.26. The summed E-state index contributed by atoms with van der Waals surface area (Å²) >= 11 is 0. The summed E-state index contributed by atoms with van der Waals surface area (Å²) in [5.41, 5.74) is 7.59. The van der Waals surface area contributed by atoms with E-state index in [4.69, 9.17) is 10.8 Å². The first kappa shape index (κ1) is 11.9. The number of fused-ring (bicyclic) bond motifs is 1. The van der Waals surface area contributed by atoms with E-state index in [2.05, 4.69) is 34.7 Å². The van der Waals surface area contributed by atoms with Gasteiger partial charge in [0, 0.05) is 16.8 Å². The van der Waals surface area contributed by atoms with Crippen molar-refractivity contribution in [3.05, 3.63) is 41.1 Å². The lowest BCUT2D eigenvalue weighted by Gasteiger charge is -2.10. The number of aryl methyl sites for hydroxylation is 1. The molecule has 0 bridgehead atoms. The van der Waals surface area contributed by atoms with Crippen molar-refractivity contribution in [1.82, 2.24) is 9.97 Å². The molecule has 0 unspecified atom stereocenters. The average molecular weight is 266 g/mol. The Labute approximate surface area is 118 Å². The fourth-order valence-corrected chi connectivity index (χ4v) is 3.03. The molecule has 20 heavy (non-hydrogen) atoms. The first-order valence-electron chi connectivity index (χ1n) is 7.32. The molecule has 0 radical (unpaired) electrons. The van der Waals surface area contributed by atoms with E-state index in [9.17, 15) is 0 Å². The fourth-order valence-electron chi connectivity index (χ4n) is 3.03. The molecule has 2 aliphatic rings. The summed E-state index contributed by atoms with van der Waals surface area (Å²) in [5, 5.41) is 0. The van der Waals surface area contributed by atoms with Crippen molar-refractivity contribution in [2.75, 3.05) is 5.43 Å². The molecule has 1 heterocycles. The summed E-state index contributed by atoms with van der Waals surface area (Å²) in [6.07, 6.45) is 5.82. The number of rotatable bonds is 3. The van der Waals surface area contributed by atoms with Crippen LogP contribution in [0.1, 0.15) is 42.0 Å². The van der Waals surface area contributed by atoms with Crippen LogP contribution in [0.2, 0.25) is 0 Å². The number of nitrogens with one attached hydrogen (secondary N) is 1. The molecule has 1 aromatic carbocycles. The van der Waals surface area contributed by atoms with Crippen molar-refractivity contribution < 1.29 is 0 Å². The molecule has 1 fully saturated rings. The van der Waals surface area contributed by atoms with Gasteiger partial charge in [0.25, 0.3) is 0 Å². The van der Waals surface area contributed by atoms with Crippen LogP contribution < -0.4 is 11.3 Å². The largest absolute Gasteiger partial charge is 0.308 e. The van der Waals surface area contributed by atoms with E-state index >= 15 is 0 Å². The van der Waals surface area contributed by atoms with Crippen LogP contribution in [0, 0.1) is 0 Å². The van der Waals surface area contributed by atoms with Gasteiger partial charge in [-0.1, -0.05) is 18.2 Å². The average Bonchev–Trinajstić information content (AvgIpc) is 3.24. The van der Waals surface area contributed by atoms with Gasteiger partial charge in [-0.25, -0.2) is 15.8 Å². The van der Waals surface area contributed by atoms with Crippen LogP contribution in [0.3, 0.4) is 0 Å². The normalized spacial score (nSPS) is 17.1. The van der Waals surface area contributed by atoms with Gasteiger partial charge in [-0.3, -0.25) is 0 Å². The Morgan fingerprint density at radius 3 is 2.85 bits per heavy atom. The molecule has 0 saturated heterocycles. The van der Waals surface area contributed by atoms with Crippen LogP contribution >= 0.6 is 0 Å². The van der Waals surface area contributed by atoms with Gasteiger partial charge in [0.05, 0.1) is 0 Å². The summed E-state index contributed by atoms with van der Waals surface area (Å²) in [7, 11) is 0. The zero-order chi connectivity index (χ0) is 13.5. The maximum Gasteiger partial charge on any atom is 0.161 e. The topological polar surface area (TPSA) is 63.8 Å². The molecule has 4 heteroatoms. The van der Waals surface area contributed by atoms with Gasteiger partial charge >= 0.3 is 0 Å². The number of hydrogen-bond donors (Lipinski definition) is 2. The molecule has 1 saturated carbocycles. The van der Waals surface area contributed by atoms with E-state index in [-0.39, 0.29) is 0 Å². The van der Waals surface area contributed by atoms with Gasteiger partial charge < -0.3 is 5.43 Å². The summed E-state index contributed by atoms with van der Waals surface area (Å²) < 4.78 is 0. The number of nitrogen functional groups attached to an aromatic ring is 1. The van der Waals surface area contributed by atoms with E-state index in [1.807, 2.05) is 0 Å². The highest BCUT2D eigenvalue weighted by Gasteiger charge is 2.24. The maximum absolute atomic E-state index is 5.62. The molecule has 4 nitrogen and oxygen atoms in total. The third-order valence-electron chi connectivity index (χ3n) is 4.26. The van der Waals surface area contributed by atoms with Crippen molar-refractivity contribution in [3.63, 3.8) is 0 Å². The van der Waals surface area contributed by atoms with Crippen molar-refractivity contribution in [1.29, 1.82) is 0 Å². The minimum atomic E-state index is 0.747. The third kappa shape index (κ3) is 1.96. The maximum atomic E-state index is 5.62. The first-order valence-corrected chi connectivity index (χ1v) is 7.32. The Morgan fingerprint density at radius 1 is 1.15 bits per heavy atom. The lowest BCUT2D eigenvalue weighted by atomic mass is 10.1. The zero-order valence-corrected chi connectivity index (χ0v) is 11.4. The summed E-state index contributed by atoms with van der Waals surface area (Å²) in [6.45, 7) is 0. The highest BCUT2D eigenvalue weighted by atomic mass is 15.3. The van der Waals surface area contributed by atoms with Crippen molar-refractivity contribution in [2.24, 2.45) is 5.84 Å². The van der Waals surface area contributed by atoms with E-state index in [1.54, 1.807) is 0 Å². The van der Waals surface area contributed by atoms with E-state index < -0.39 is 0 Å². The second kappa shape index (κ2) is 4.56. The Bertz CT molecular complexity index is 662. The van der Waals surface area contributed by atoms with E-state index in [0.717, 1.165) is 48.1 Å². The minimum Gasteiger partial charge on any atom is -0.308 e. The second-order valence-electron chi connectivity index (χ2n) is 5.72. The number of benzene rings is 1. The van der Waals surface area contributed by atoms with Crippen LogP contribution in [0.4, 0.5) is 5.82 Å². The predicted molar refractivity (Wildman–Crippen MR) is 79.3 cm³/mol. The highest BCUT2D eigenvalue weighted by Crippen LogP contribution is 2.41. The molecule has 0 aliphatic heterocycles. The van der Waals surface area contributed by atoms with Gasteiger partial charge in [0.2, 0.25) is 0 Å². The van der Waals surface area contributed by atoms with Gasteiger partial charge in [0.15, 0.2) is 5.82 Å². The fraction of sp³-hybridized carbons (Fsp3) is 0.375. The number of hydrazine groups is 1. The number of hydrogen-bond acceptors (Lipinski definition) is 4. The summed E-state index contributed by atoms with van der Waals surface area (Å²) in [5.74, 6) is 7.95. The van der Waals surface area contributed by atoms with E-state index in [0.29, 0.717) is 0 Å². The van der Waals surface area contributed by atoms with Crippen molar-refractivity contribution >= 4 is 5.82 Å². The van der Waals surface area contributed by atoms with Crippen molar-refractivity contribution in [2.45, 2.75) is 38.0 Å². The quantitative estimate of drug-likeness (QED) is 0.662. The Balaban J connectivity index is 1.80. The van der Waals surface area contributed by atoms with Crippen LogP contribution in [0.15, 0.2) is 24.3 Å². The molecule has 1 aromatic heterocycles. The molecule has 0 atom stereocenters. The number of nitrogens with zero attached hydrogens (tertiary/aromatic N) is 2. The molecule has 4 rings (SSSR count). The first-order chi connectivity index (χ1) is 9.85. The molecule has 102 valence electrons. The SMILES string of the molecule is NNc1nc(-c2cccc(C3CC3)c2)nc2c1CCC2. The van der Waals surface area contributed by atoms with Crippen LogP contribution in [0.5, 0.6) is 0 Å². The molecular weight excluding hydrogens is 248 g/mol. The second-order valence-corrected chi connectivity index (χ2v) is 5.72.